The summed E-state index contributed by atoms with van der Waals surface area (Å²) in [6.45, 7) is 3.01. The molecule has 0 saturated carbocycles. The summed E-state index contributed by atoms with van der Waals surface area (Å²) in [5, 5.41) is 0.720. The number of rotatable bonds is 6. The van der Waals surface area contributed by atoms with Crippen LogP contribution in [0.2, 0.25) is 5.02 Å². The summed E-state index contributed by atoms with van der Waals surface area (Å²) >= 11 is 6.39. The van der Waals surface area contributed by atoms with Gasteiger partial charge in [0, 0.05) is 53.5 Å². The van der Waals surface area contributed by atoms with Gasteiger partial charge >= 0.3 is 0 Å². The Kier molecular flexibility index (Phi) is 5.64. The van der Waals surface area contributed by atoms with Crippen molar-refractivity contribution < 1.29 is 9.47 Å². The molecule has 2 aromatic heterocycles. The van der Waals surface area contributed by atoms with Crippen molar-refractivity contribution in [3.05, 3.63) is 65.6 Å². The maximum atomic E-state index is 6.39. The van der Waals surface area contributed by atoms with Gasteiger partial charge in [-0.1, -0.05) is 23.7 Å². The summed E-state index contributed by atoms with van der Waals surface area (Å²) in [5.74, 6) is 0.563. The standard InChI is InChI=1S/C20H19ClN2O2/c1-14-3-4-18(19(21)9-14)17-10-16(12-22-13-17)15-5-6-23-20(11-15)25-8-7-24-2/h3-6,9-13H,7-8H2,1-2H3. The first kappa shape index (κ1) is 17.4. The Balaban J connectivity index is 1.90. The minimum absolute atomic E-state index is 0.463. The number of ether oxygens (including phenoxy) is 2. The van der Waals surface area contributed by atoms with Crippen molar-refractivity contribution in [1.29, 1.82) is 0 Å². The molecule has 0 atom stereocenters. The first-order valence-corrected chi connectivity index (χ1v) is 8.35. The Morgan fingerprint density at radius 3 is 2.60 bits per heavy atom. The Morgan fingerprint density at radius 2 is 1.80 bits per heavy atom. The molecule has 0 unspecified atom stereocenters. The molecular weight excluding hydrogens is 336 g/mol. The number of methoxy groups -OCH3 is 1. The van der Waals surface area contributed by atoms with E-state index in [0.717, 1.165) is 32.8 Å². The van der Waals surface area contributed by atoms with E-state index in [2.05, 4.69) is 16.0 Å². The largest absolute Gasteiger partial charge is 0.475 e. The lowest BCUT2D eigenvalue weighted by atomic mass is 10.0. The highest BCUT2D eigenvalue weighted by atomic mass is 35.5. The smallest absolute Gasteiger partial charge is 0.213 e. The monoisotopic (exact) mass is 354 g/mol. The van der Waals surface area contributed by atoms with Crippen LogP contribution in [0.4, 0.5) is 0 Å². The van der Waals surface area contributed by atoms with Gasteiger partial charge in [0.05, 0.1) is 6.61 Å². The molecule has 128 valence electrons. The number of benzene rings is 1. The van der Waals surface area contributed by atoms with Gasteiger partial charge in [-0.3, -0.25) is 4.98 Å². The summed E-state index contributed by atoms with van der Waals surface area (Å²) in [6, 6.07) is 11.9. The molecule has 4 nitrogen and oxygen atoms in total. The lowest BCUT2D eigenvalue weighted by molar-refractivity contribution is 0.144. The molecule has 1 aromatic carbocycles. The SMILES string of the molecule is COCCOc1cc(-c2cncc(-c3ccc(C)cc3Cl)c2)ccn1. The summed E-state index contributed by atoms with van der Waals surface area (Å²) < 4.78 is 10.6. The van der Waals surface area contributed by atoms with Gasteiger partial charge in [0.2, 0.25) is 5.88 Å². The minimum Gasteiger partial charge on any atom is -0.475 e. The van der Waals surface area contributed by atoms with Crippen molar-refractivity contribution in [3.8, 4) is 28.1 Å². The van der Waals surface area contributed by atoms with E-state index < -0.39 is 0 Å². The first-order valence-electron chi connectivity index (χ1n) is 7.97. The summed E-state index contributed by atoms with van der Waals surface area (Å²) in [4.78, 5) is 8.59. The van der Waals surface area contributed by atoms with Crippen LogP contribution >= 0.6 is 11.6 Å². The third kappa shape index (κ3) is 4.35. The predicted octanol–water partition coefficient (Wildman–Crippen LogP) is 4.80. The third-order valence-electron chi connectivity index (χ3n) is 3.78. The molecule has 0 spiro atoms. The highest BCUT2D eigenvalue weighted by Gasteiger charge is 2.07. The van der Waals surface area contributed by atoms with Crippen molar-refractivity contribution >= 4 is 11.6 Å². The van der Waals surface area contributed by atoms with E-state index >= 15 is 0 Å². The maximum absolute atomic E-state index is 6.39. The Hall–Kier alpha value is -2.43. The molecule has 0 amide bonds. The molecular formula is C20H19ClN2O2. The van der Waals surface area contributed by atoms with Gasteiger partial charge in [0.25, 0.3) is 0 Å². The second-order valence-electron chi connectivity index (χ2n) is 5.67. The number of aryl methyl sites for hydroxylation is 1. The molecule has 0 bridgehead atoms. The molecule has 0 fully saturated rings. The van der Waals surface area contributed by atoms with Crippen LogP contribution < -0.4 is 4.74 Å². The van der Waals surface area contributed by atoms with Crippen molar-refractivity contribution in [2.45, 2.75) is 6.92 Å². The van der Waals surface area contributed by atoms with Crippen LogP contribution in [-0.4, -0.2) is 30.3 Å². The average Bonchev–Trinajstić information content (AvgIpc) is 2.62. The van der Waals surface area contributed by atoms with Crippen LogP contribution in [0.25, 0.3) is 22.3 Å². The quantitative estimate of drug-likeness (QED) is 0.596. The van der Waals surface area contributed by atoms with E-state index in [4.69, 9.17) is 21.1 Å². The van der Waals surface area contributed by atoms with Crippen LogP contribution in [0.15, 0.2) is 55.0 Å². The van der Waals surface area contributed by atoms with Crippen molar-refractivity contribution in [2.24, 2.45) is 0 Å². The molecule has 3 aromatic rings. The summed E-state index contributed by atoms with van der Waals surface area (Å²) in [5.41, 5.74) is 5.03. The van der Waals surface area contributed by atoms with Gasteiger partial charge in [0.1, 0.15) is 6.61 Å². The Labute approximate surface area is 152 Å². The van der Waals surface area contributed by atoms with Crippen molar-refractivity contribution in [1.82, 2.24) is 9.97 Å². The van der Waals surface area contributed by atoms with E-state index in [0.29, 0.717) is 19.1 Å². The van der Waals surface area contributed by atoms with Gasteiger partial charge < -0.3 is 9.47 Å². The van der Waals surface area contributed by atoms with Gasteiger partial charge in [-0.2, -0.15) is 0 Å². The van der Waals surface area contributed by atoms with Crippen LogP contribution in [0.1, 0.15) is 5.56 Å². The van der Waals surface area contributed by atoms with Crippen molar-refractivity contribution in [2.75, 3.05) is 20.3 Å². The van der Waals surface area contributed by atoms with E-state index in [9.17, 15) is 0 Å². The van der Waals surface area contributed by atoms with Gasteiger partial charge in [-0.15, -0.1) is 0 Å². The summed E-state index contributed by atoms with van der Waals surface area (Å²) in [6.07, 6.45) is 5.36. The van der Waals surface area contributed by atoms with Crippen LogP contribution in [0.5, 0.6) is 5.88 Å². The fourth-order valence-corrected chi connectivity index (χ4v) is 2.84. The van der Waals surface area contributed by atoms with E-state index in [-0.39, 0.29) is 0 Å². The molecule has 3 rings (SSSR count). The second-order valence-corrected chi connectivity index (χ2v) is 6.08. The number of nitrogens with zero attached hydrogens (tertiary/aromatic N) is 2. The zero-order valence-corrected chi connectivity index (χ0v) is 15.0. The van der Waals surface area contributed by atoms with Crippen LogP contribution in [0.3, 0.4) is 0 Å². The number of aromatic nitrogens is 2. The fourth-order valence-electron chi connectivity index (χ4n) is 2.50. The van der Waals surface area contributed by atoms with E-state index in [1.807, 2.05) is 49.6 Å². The fraction of sp³-hybridized carbons (Fsp3) is 0.200. The molecule has 5 heteroatoms. The lowest BCUT2D eigenvalue weighted by Crippen LogP contribution is -2.05. The van der Waals surface area contributed by atoms with Gasteiger partial charge in [-0.05, 0) is 36.2 Å². The maximum Gasteiger partial charge on any atom is 0.213 e. The molecule has 0 aliphatic rings. The third-order valence-corrected chi connectivity index (χ3v) is 4.09. The van der Waals surface area contributed by atoms with E-state index in [1.165, 1.54) is 0 Å². The molecule has 0 N–H and O–H groups in total. The number of hydrogen-bond acceptors (Lipinski definition) is 4. The number of hydrogen-bond donors (Lipinski definition) is 0. The van der Waals surface area contributed by atoms with E-state index in [1.54, 1.807) is 13.3 Å². The molecule has 2 heterocycles. The number of halogens is 1. The lowest BCUT2D eigenvalue weighted by Gasteiger charge is -2.09. The number of pyridine rings is 2. The zero-order chi connectivity index (χ0) is 17.6. The van der Waals surface area contributed by atoms with Gasteiger partial charge in [0.15, 0.2) is 0 Å². The highest BCUT2D eigenvalue weighted by Crippen LogP contribution is 2.31. The molecule has 0 aliphatic carbocycles. The Morgan fingerprint density at radius 1 is 0.960 bits per heavy atom. The topological polar surface area (TPSA) is 44.2 Å². The van der Waals surface area contributed by atoms with Crippen LogP contribution in [0, 0.1) is 6.92 Å². The molecule has 25 heavy (non-hydrogen) atoms. The first-order chi connectivity index (χ1) is 12.2. The van der Waals surface area contributed by atoms with Crippen molar-refractivity contribution in [3.63, 3.8) is 0 Å². The van der Waals surface area contributed by atoms with Crippen LogP contribution in [-0.2, 0) is 4.74 Å². The second kappa shape index (κ2) is 8.10. The van der Waals surface area contributed by atoms with Gasteiger partial charge in [-0.25, -0.2) is 4.98 Å². The molecule has 0 saturated heterocycles. The normalized spacial score (nSPS) is 10.7. The average molecular weight is 355 g/mol. The zero-order valence-electron chi connectivity index (χ0n) is 14.2. The Bertz CT molecular complexity index is 868. The molecule has 0 radical (unpaired) electrons. The minimum atomic E-state index is 0.463. The summed E-state index contributed by atoms with van der Waals surface area (Å²) in [7, 11) is 1.64. The molecule has 0 aliphatic heterocycles. The predicted molar refractivity (Wildman–Crippen MR) is 100 cm³/mol. The highest BCUT2D eigenvalue weighted by molar-refractivity contribution is 6.33.